The van der Waals surface area contributed by atoms with E-state index in [2.05, 4.69) is 19.2 Å². The molecule has 0 aliphatic carbocycles. The van der Waals surface area contributed by atoms with Crippen molar-refractivity contribution < 1.29 is 17.9 Å². The van der Waals surface area contributed by atoms with E-state index in [4.69, 9.17) is 16.3 Å². The average Bonchev–Trinajstić information content (AvgIpc) is 2.96. The Kier molecular flexibility index (Phi) is 9.73. The molecule has 0 saturated carbocycles. The van der Waals surface area contributed by atoms with Gasteiger partial charge in [-0.05, 0) is 78.9 Å². The van der Waals surface area contributed by atoms with Crippen LogP contribution >= 0.6 is 11.6 Å². The van der Waals surface area contributed by atoms with Crippen LogP contribution in [0.1, 0.15) is 53.4 Å². The molecule has 8 heteroatoms. The second-order valence-electron chi connectivity index (χ2n) is 10.4. The predicted octanol–water partition coefficient (Wildman–Crippen LogP) is 7.57. The molecule has 0 aromatic heterocycles. The second kappa shape index (κ2) is 13.2. The molecule has 1 N–H and O–H groups in total. The van der Waals surface area contributed by atoms with Gasteiger partial charge in [0, 0.05) is 5.02 Å². The van der Waals surface area contributed by atoms with Crippen LogP contribution in [0.25, 0.3) is 0 Å². The average molecular weight is 591 g/mol. The molecule has 214 valence electrons. The van der Waals surface area contributed by atoms with E-state index in [1.54, 1.807) is 79.9 Å². The normalized spacial score (nSPS) is 12.1. The first-order valence-electron chi connectivity index (χ1n) is 13.5. The van der Waals surface area contributed by atoms with Crippen molar-refractivity contribution in [1.29, 1.82) is 0 Å². The van der Waals surface area contributed by atoms with Gasteiger partial charge >= 0.3 is 0 Å². The van der Waals surface area contributed by atoms with Crippen LogP contribution in [0.15, 0.2) is 102 Å². The molecule has 0 saturated heterocycles. The number of hydrogen-bond acceptors (Lipinski definition) is 4. The summed E-state index contributed by atoms with van der Waals surface area (Å²) in [5.41, 5.74) is 3.17. The van der Waals surface area contributed by atoms with Gasteiger partial charge in [0.1, 0.15) is 5.75 Å². The Morgan fingerprint density at radius 3 is 2.15 bits per heavy atom. The number of para-hydroxylation sites is 1. The van der Waals surface area contributed by atoms with E-state index >= 15 is 0 Å². The van der Waals surface area contributed by atoms with Gasteiger partial charge in [-0.1, -0.05) is 79.5 Å². The molecular formula is C33H35ClN2O4S. The largest absolute Gasteiger partial charge is 0.497 e. The zero-order valence-electron chi connectivity index (χ0n) is 23.7. The quantitative estimate of drug-likeness (QED) is 0.195. The zero-order valence-corrected chi connectivity index (χ0v) is 25.2. The minimum absolute atomic E-state index is 0.0194. The molecule has 0 aliphatic rings. The van der Waals surface area contributed by atoms with Crippen LogP contribution in [0.3, 0.4) is 0 Å². The van der Waals surface area contributed by atoms with Crippen LogP contribution < -0.4 is 14.4 Å². The Hall–Kier alpha value is -3.81. The van der Waals surface area contributed by atoms with Gasteiger partial charge in [0.05, 0.1) is 35.8 Å². The SMILES string of the molecule is COc1ccc([C@H](CC(C)C)NC(=O)c2ccccc2N(Cc2ccc(Cl)cc2)S(=O)(=O)c2ccc(C)cc2)cc1. The Labute approximate surface area is 248 Å². The number of carbonyl (C=O) groups excluding carboxylic acids is 1. The van der Waals surface area contributed by atoms with Gasteiger partial charge in [0.15, 0.2) is 0 Å². The highest BCUT2D eigenvalue weighted by molar-refractivity contribution is 7.92. The molecule has 6 nitrogen and oxygen atoms in total. The highest BCUT2D eigenvalue weighted by Gasteiger charge is 2.29. The van der Waals surface area contributed by atoms with E-state index in [1.165, 1.54) is 4.31 Å². The molecule has 0 fully saturated rings. The van der Waals surface area contributed by atoms with Crippen molar-refractivity contribution >= 4 is 33.2 Å². The number of benzene rings is 4. The maximum absolute atomic E-state index is 14.1. The van der Waals surface area contributed by atoms with Crippen molar-refractivity contribution in [3.8, 4) is 5.75 Å². The Morgan fingerprint density at radius 1 is 0.902 bits per heavy atom. The fraction of sp³-hybridized carbons (Fsp3) is 0.242. The van der Waals surface area contributed by atoms with Crippen molar-refractivity contribution in [2.24, 2.45) is 5.92 Å². The lowest BCUT2D eigenvalue weighted by molar-refractivity contribution is 0.0932. The molecular weight excluding hydrogens is 556 g/mol. The zero-order chi connectivity index (χ0) is 29.6. The van der Waals surface area contributed by atoms with Crippen LogP contribution in [0.2, 0.25) is 5.02 Å². The summed E-state index contributed by atoms with van der Waals surface area (Å²) in [7, 11) is -2.43. The summed E-state index contributed by atoms with van der Waals surface area (Å²) < 4.78 is 34.8. The third-order valence-electron chi connectivity index (χ3n) is 6.80. The first-order chi connectivity index (χ1) is 19.6. The topological polar surface area (TPSA) is 75.7 Å². The number of halogens is 1. The summed E-state index contributed by atoms with van der Waals surface area (Å²) in [5.74, 6) is 0.677. The third kappa shape index (κ3) is 7.48. The van der Waals surface area contributed by atoms with E-state index in [9.17, 15) is 13.2 Å². The van der Waals surface area contributed by atoms with E-state index in [-0.39, 0.29) is 29.0 Å². The van der Waals surface area contributed by atoms with Crippen LogP contribution in [0.4, 0.5) is 5.69 Å². The van der Waals surface area contributed by atoms with Gasteiger partial charge in [-0.3, -0.25) is 9.10 Å². The number of nitrogens with zero attached hydrogens (tertiary/aromatic N) is 1. The number of aryl methyl sites for hydroxylation is 1. The highest BCUT2D eigenvalue weighted by Crippen LogP contribution is 2.31. The molecule has 0 bridgehead atoms. The third-order valence-corrected chi connectivity index (χ3v) is 8.82. The van der Waals surface area contributed by atoms with Crippen molar-refractivity contribution in [3.63, 3.8) is 0 Å². The minimum atomic E-state index is -4.04. The van der Waals surface area contributed by atoms with Gasteiger partial charge in [0.25, 0.3) is 15.9 Å². The number of sulfonamides is 1. The smallest absolute Gasteiger partial charge is 0.264 e. The molecule has 0 radical (unpaired) electrons. The van der Waals surface area contributed by atoms with E-state index in [1.807, 2.05) is 31.2 Å². The standard InChI is InChI=1S/C33H35ClN2O4S/c1-23(2)21-31(26-13-17-28(40-4)18-14-26)35-33(37)30-7-5-6-8-32(30)36(22-25-11-15-27(34)16-12-25)41(38,39)29-19-9-24(3)10-20-29/h5-20,23,31H,21-22H2,1-4H3,(H,35,37)/t31-/m0/s1. The number of rotatable bonds is 11. The second-order valence-corrected chi connectivity index (χ2v) is 12.7. The number of amides is 1. The highest BCUT2D eigenvalue weighted by atomic mass is 35.5. The van der Waals surface area contributed by atoms with Gasteiger partial charge in [-0.25, -0.2) is 8.42 Å². The fourth-order valence-electron chi connectivity index (χ4n) is 4.60. The first kappa shape index (κ1) is 30.2. The van der Waals surface area contributed by atoms with Crippen molar-refractivity contribution in [1.82, 2.24) is 5.32 Å². The predicted molar refractivity (Wildman–Crippen MR) is 165 cm³/mol. The fourth-order valence-corrected chi connectivity index (χ4v) is 6.20. The summed E-state index contributed by atoms with van der Waals surface area (Å²) >= 11 is 6.09. The molecule has 0 heterocycles. The Morgan fingerprint density at radius 2 is 1.54 bits per heavy atom. The van der Waals surface area contributed by atoms with Crippen molar-refractivity contribution in [3.05, 3.63) is 124 Å². The molecule has 4 aromatic rings. The molecule has 0 spiro atoms. The number of ether oxygens (including phenoxy) is 1. The van der Waals surface area contributed by atoms with Crippen LogP contribution in [0, 0.1) is 12.8 Å². The monoisotopic (exact) mass is 590 g/mol. The number of hydrogen-bond donors (Lipinski definition) is 1. The lowest BCUT2D eigenvalue weighted by Gasteiger charge is -2.28. The van der Waals surface area contributed by atoms with Gasteiger partial charge < -0.3 is 10.1 Å². The van der Waals surface area contributed by atoms with Crippen LogP contribution in [-0.4, -0.2) is 21.4 Å². The molecule has 0 unspecified atom stereocenters. The Balaban J connectivity index is 1.75. The maximum atomic E-state index is 14.1. The van der Waals surface area contributed by atoms with E-state index in [0.717, 1.165) is 22.4 Å². The van der Waals surface area contributed by atoms with Crippen molar-refractivity contribution in [2.75, 3.05) is 11.4 Å². The number of methoxy groups -OCH3 is 1. The van der Waals surface area contributed by atoms with Gasteiger partial charge in [-0.15, -0.1) is 0 Å². The molecule has 4 rings (SSSR count). The summed E-state index contributed by atoms with van der Waals surface area (Å²) in [5, 5.41) is 3.72. The number of carbonyl (C=O) groups is 1. The van der Waals surface area contributed by atoms with Crippen LogP contribution in [-0.2, 0) is 16.6 Å². The summed E-state index contributed by atoms with van der Waals surface area (Å²) in [6.07, 6.45) is 0.705. The summed E-state index contributed by atoms with van der Waals surface area (Å²) in [6.45, 7) is 6.11. The van der Waals surface area contributed by atoms with Gasteiger partial charge in [-0.2, -0.15) is 0 Å². The molecule has 41 heavy (non-hydrogen) atoms. The lowest BCUT2D eigenvalue weighted by Crippen LogP contribution is -2.35. The summed E-state index contributed by atoms with van der Waals surface area (Å²) in [6, 6.07) is 27.8. The van der Waals surface area contributed by atoms with Crippen LogP contribution in [0.5, 0.6) is 5.75 Å². The van der Waals surface area contributed by atoms with Crippen molar-refractivity contribution in [2.45, 2.75) is 44.7 Å². The van der Waals surface area contributed by atoms with E-state index < -0.39 is 10.0 Å². The minimum Gasteiger partial charge on any atom is -0.497 e. The molecule has 4 aromatic carbocycles. The molecule has 1 atom stereocenters. The van der Waals surface area contributed by atoms with E-state index in [0.29, 0.717) is 23.0 Å². The number of anilines is 1. The number of nitrogens with one attached hydrogen (secondary N) is 1. The first-order valence-corrected chi connectivity index (χ1v) is 15.3. The van der Waals surface area contributed by atoms with Gasteiger partial charge in [0.2, 0.25) is 0 Å². The molecule has 0 aliphatic heterocycles. The Bertz CT molecular complexity index is 1570. The lowest BCUT2D eigenvalue weighted by atomic mass is 9.96. The summed E-state index contributed by atoms with van der Waals surface area (Å²) in [4.78, 5) is 14.0. The molecule has 1 amide bonds. The maximum Gasteiger partial charge on any atom is 0.264 e.